The predicted molar refractivity (Wildman–Crippen MR) is 72.8 cm³/mol. The molecule has 0 amide bonds. The lowest BCUT2D eigenvalue weighted by Gasteiger charge is -2.34. The van der Waals surface area contributed by atoms with Crippen LogP contribution < -0.4 is 5.32 Å². The molecule has 3 aliphatic rings. The molecule has 18 heavy (non-hydrogen) atoms. The van der Waals surface area contributed by atoms with Crippen LogP contribution in [0.2, 0.25) is 0 Å². The smallest absolute Gasteiger partial charge is 0.0829 e. The first kappa shape index (κ1) is 12.9. The van der Waals surface area contributed by atoms with E-state index in [0.29, 0.717) is 6.10 Å². The monoisotopic (exact) mass is 253 g/mol. The van der Waals surface area contributed by atoms with Gasteiger partial charge >= 0.3 is 0 Å². The first-order chi connectivity index (χ1) is 8.85. The van der Waals surface area contributed by atoms with Crippen molar-refractivity contribution in [3.8, 4) is 0 Å². The normalized spacial score (nSPS) is 38.8. The first-order valence-electron chi connectivity index (χ1n) is 7.65. The van der Waals surface area contributed by atoms with Gasteiger partial charge in [-0.25, -0.2) is 0 Å². The molecule has 3 aliphatic heterocycles. The molecule has 3 unspecified atom stereocenters. The minimum Gasteiger partial charge on any atom is -0.374 e. The van der Waals surface area contributed by atoms with Gasteiger partial charge in [-0.1, -0.05) is 6.92 Å². The van der Waals surface area contributed by atoms with Gasteiger partial charge in [0.15, 0.2) is 0 Å². The number of rotatable bonds is 3. The fourth-order valence-corrected chi connectivity index (χ4v) is 3.75. The SMILES string of the molecule is CCN1CCOC(CN2CC3CCCNC3C2)C1. The van der Waals surface area contributed by atoms with Crippen molar-refractivity contribution >= 4 is 0 Å². The first-order valence-corrected chi connectivity index (χ1v) is 7.65. The summed E-state index contributed by atoms with van der Waals surface area (Å²) in [5.41, 5.74) is 0. The van der Waals surface area contributed by atoms with Gasteiger partial charge in [0.05, 0.1) is 12.7 Å². The minimum atomic E-state index is 0.429. The van der Waals surface area contributed by atoms with Crippen LogP contribution >= 0.6 is 0 Å². The number of ether oxygens (including phenoxy) is 1. The molecule has 104 valence electrons. The molecule has 0 spiro atoms. The van der Waals surface area contributed by atoms with Gasteiger partial charge in [-0.15, -0.1) is 0 Å². The summed E-state index contributed by atoms with van der Waals surface area (Å²) in [5.74, 6) is 0.893. The third-order valence-electron chi connectivity index (χ3n) is 4.81. The second-order valence-corrected chi connectivity index (χ2v) is 6.07. The summed E-state index contributed by atoms with van der Waals surface area (Å²) in [7, 11) is 0. The molecule has 3 heterocycles. The summed E-state index contributed by atoms with van der Waals surface area (Å²) in [4.78, 5) is 5.13. The maximum absolute atomic E-state index is 5.92. The molecule has 0 aromatic rings. The second kappa shape index (κ2) is 5.87. The van der Waals surface area contributed by atoms with Crippen molar-refractivity contribution in [2.24, 2.45) is 5.92 Å². The van der Waals surface area contributed by atoms with Crippen LogP contribution in [0.3, 0.4) is 0 Å². The van der Waals surface area contributed by atoms with Crippen molar-refractivity contribution < 1.29 is 4.74 Å². The Kier molecular flexibility index (Phi) is 4.19. The zero-order chi connectivity index (χ0) is 12.4. The van der Waals surface area contributed by atoms with Crippen LogP contribution in [0.5, 0.6) is 0 Å². The van der Waals surface area contributed by atoms with Crippen molar-refractivity contribution in [2.75, 3.05) is 52.4 Å². The number of piperidine rings is 1. The van der Waals surface area contributed by atoms with Crippen molar-refractivity contribution in [2.45, 2.75) is 31.9 Å². The van der Waals surface area contributed by atoms with E-state index in [0.717, 1.165) is 44.7 Å². The van der Waals surface area contributed by atoms with E-state index in [1.807, 2.05) is 0 Å². The minimum absolute atomic E-state index is 0.429. The number of morpholine rings is 1. The maximum atomic E-state index is 5.92. The van der Waals surface area contributed by atoms with E-state index in [1.165, 1.54) is 32.5 Å². The third-order valence-corrected chi connectivity index (χ3v) is 4.81. The summed E-state index contributed by atoms with van der Waals surface area (Å²) in [6.07, 6.45) is 3.21. The van der Waals surface area contributed by atoms with Crippen molar-refractivity contribution in [3.05, 3.63) is 0 Å². The highest BCUT2D eigenvalue weighted by Crippen LogP contribution is 2.25. The molecule has 4 nitrogen and oxygen atoms in total. The van der Waals surface area contributed by atoms with Crippen LogP contribution in [0, 0.1) is 5.92 Å². The third kappa shape index (κ3) is 2.87. The van der Waals surface area contributed by atoms with Gasteiger partial charge in [0.25, 0.3) is 0 Å². The number of likely N-dealkylation sites (N-methyl/N-ethyl adjacent to an activating group) is 1. The average molecular weight is 253 g/mol. The molecule has 3 saturated heterocycles. The van der Waals surface area contributed by atoms with Gasteiger partial charge in [0.1, 0.15) is 0 Å². The van der Waals surface area contributed by atoms with Gasteiger partial charge < -0.3 is 10.1 Å². The molecule has 0 bridgehead atoms. The van der Waals surface area contributed by atoms with Crippen LogP contribution in [0.1, 0.15) is 19.8 Å². The number of likely N-dealkylation sites (tertiary alicyclic amines) is 1. The van der Waals surface area contributed by atoms with E-state index < -0.39 is 0 Å². The van der Waals surface area contributed by atoms with E-state index in [2.05, 4.69) is 22.0 Å². The lowest BCUT2D eigenvalue weighted by molar-refractivity contribution is -0.0396. The van der Waals surface area contributed by atoms with Crippen LogP contribution in [0.25, 0.3) is 0 Å². The van der Waals surface area contributed by atoms with Crippen LogP contribution in [0.15, 0.2) is 0 Å². The van der Waals surface area contributed by atoms with Crippen molar-refractivity contribution in [3.63, 3.8) is 0 Å². The quantitative estimate of drug-likeness (QED) is 0.787. The number of hydrogen-bond donors (Lipinski definition) is 1. The van der Waals surface area contributed by atoms with Gasteiger partial charge in [0, 0.05) is 38.8 Å². The van der Waals surface area contributed by atoms with Crippen LogP contribution in [-0.4, -0.2) is 74.4 Å². The molecule has 0 saturated carbocycles. The van der Waals surface area contributed by atoms with Gasteiger partial charge in [-0.05, 0) is 31.8 Å². The standard InChI is InChI=1S/C14H27N3O/c1-2-16-6-7-18-13(9-16)10-17-8-12-4-3-5-15-14(12)11-17/h12-15H,2-11H2,1H3. The van der Waals surface area contributed by atoms with E-state index in [1.54, 1.807) is 0 Å². The molecule has 4 heteroatoms. The zero-order valence-corrected chi connectivity index (χ0v) is 11.6. The summed E-state index contributed by atoms with van der Waals surface area (Å²) >= 11 is 0. The summed E-state index contributed by atoms with van der Waals surface area (Å²) in [6, 6.07) is 0.754. The Morgan fingerprint density at radius 2 is 2.17 bits per heavy atom. The fraction of sp³-hybridized carbons (Fsp3) is 1.00. The Labute approximate surface area is 111 Å². The molecule has 0 aromatic carbocycles. The molecule has 3 fully saturated rings. The molecule has 1 N–H and O–H groups in total. The molecule has 0 aromatic heterocycles. The van der Waals surface area contributed by atoms with E-state index in [9.17, 15) is 0 Å². The Morgan fingerprint density at radius 3 is 3.00 bits per heavy atom. The van der Waals surface area contributed by atoms with E-state index >= 15 is 0 Å². The molecule has 0 aliphatic carbocycles. The molecule has 3 rings (SSSR count). The van der Waals surface area contributed by atoms with Crippen LogP contribution in [0.4, 0.5) is 0 Å². The molecule has 0 radical (unpaired) electrons. The Bertz CT molecular complexity index is 260. The highest BCUT2D eigenvalue weighted by atomic mass is 16.5. The lowest BCUT2D eigenvalue weighted by atomic mass is 9.94. The van der Waals surface area contributed by atoms with Crippen LogP contribution in [-0.2, 0) is 4.74 Å². The Hall–Kier alpha value is -0.160. The van der Waals surface area contributed by atoms with E-state index in [-0.39, 0.29) is 0 Å². The second-order valence-electron chi connectivity index (χ2n) is 6.07. The van der Waals surface area contributed by atoms with Crippen molar-refractivity contribution in [1.29, 1.82) is 0 Å². The van der Waals surface area contributed by atoms with Gasteiger partial charge in [-0.2, -0.15) is 0 Å². The Morgan fingerprint density at radius 1 is 1.22 bits per heavy atom. The largest absolute Gasteiger partial charge is 0.374 e. The van der Waals surface area contributed by atoms with Gasteiger partial charge in [0.2, 0.25) is 0 Å². The van der Waals surface area contributed by atoms with Gasteiger partial charge in [-0.3, -0.25) is 9.80 Å². The predicted octanol–water partition coefficient (Wildman–Crippen LogP) is 0.391. The van der Waals surface area contributed by atoms with Crippen molar-refractivity contribution in [1.82, 2.24) is 15.1 Å². The highest BCUT2D eigenvalue weighted by Gasteiger charge is 2.35. The highest BCUT2D eigenvalue weighted by molar-refractivity contribution is 4.92. The topological polar surface area (TPSA) is 27.7 Å². The fourth-order valence-electron chi connectivity index (χ4n) is 3.75. The number of hydrogen-bond acceptors (Lipinski definition) is 4. The number of nitrogens with zero attached hydrogens (tertiary/aromatic N) is 2. The molecular weight excluding hydrogens is 226 g/mol. The number of nitrogens with one attached hydrogen (secondary N) is 1. The van der Waals surface area contributed by atoms with E-state index in [4.69, 9.17) is 4.74 Å². The maximum Gasteiger partial charge on any atom is 0.0829 e. The summed E-state index contributed by atoms with van der Waals surface area (Å²) in [6.45, 7) is 11.4. The average Bonchev–Trinajstić information content (AvgIpc) is 2.81. The molecular formula is C14H27N3O. The number of fused-ring (bicyclic) bond motifs is 1. The Balaban J connectivity index is 1.48. The zero-order valence-electron chi connectivity index (χ0n) is 11.6. The summed E-state index contributed by atoms with van der Waals surface area (Å²) in [5, 5.41) is 3.68. The summed E-state index contributed by atoms with van der Waals surface area (Å²) < 4.78 is 5.92. The lowest BCUT2D eigenvalue weighted by Crippen LogP contribution is -2.47. The molecule has 3 atom stereocenters.